The second kappa shape index (κ2) is 5.73. The van der Waals surface area contributed by atoms with E-state index in [-0.39, 0.29) is 20.4 Å². The predicted octanol–water partition coefficient (Wildman–Crippen LogP) is 2.74. The summed E-state index contributed by atoms with van der Waals surface area (Å²) < 4.78 is 27.1. The minimum absolute atomic E-state index is 0.125. The number of nitrogens with zero attached hydrogens (tertiary/aromatic N) is 2. The summed E-state index contributed by atoms with van der Waals surface area (Å²) in [4.78, 5) is 24.8. The molecule has 0 aliphatic heterocycles. The maximum Gasteiger partial charge on any atom is 0.346 e. The molecule has 1 aromatic heterocycles. The fourth-order valence-corrected chi connectivity index (χ4v) is 2.36. The summed E-state index contributed by atoms with van der Waals surface area (Å²) >= 11 is 0. The maximum absolute atomic E-state index is 13.4. The molecule has 0 fully saturated rings. The molecule has 1 N–H and O–H groups in total. The number of halogens is 2. The second-order valence-corrected chi connectivity index (χ2v) is 5.10. The van der Waals surface area contributed by atoms with E-state index in [1.54, 1.807) is 30.3 Å². The van der Waals surface area contributed by atoms with Crippen LogP contribution in [0.4, 0.5) is 14.5 Å². The Bertz CT molecular complexity index is 1020. The van der Waals surface area contributed by atoms with Crippen molar-refractivity contribution in [2.75, 3.05) is 5.32 Å². The summed E-state index contributed by atoms with van der Waals surface area (Å²) in [5.74, 6) is -3.37. The first-order valence-electron chi connectivity index (χ1n) is 6.91. The monoisotopic (exact) mass is 331 g/mol. The van der Waals surface area contributed by atoms with Crippen molar-refractivity contribution in [2.45, 2.75) is 6.92 Å². The number of nitrogens with one attached hydrogen (secondary N) is 1. The van der Waals surface area contributed by atoms with Crippen molar-refractivity contribution in [2.24, 2.45) is 0 Å². The van der Waals surface area contributed by atoms with Crippen molar-refractivity contribution < 1.29 is 18.0 Å². The number of carbonyl (C=O) groups is 1. The molecule has 3 rings (SSSR count). The number of rotatable bonds is 2. The molecule has 0 atom stereocenters. The van der Waals surface area contributed by atoms with Gasteiger partial charge in [0.2, 0.25) is 0 Å². The van der Waals surface area contributed by atoms with Gasteiger partial charge in [-0.05, 0) is 19.1 Å². The molecule has 1 amide bonds. The van der Waals surface area contributed by atoms with E-state index in [2.05, 4.69) is 5.32 Å². The van der Waals surface area contributed by atoms with E-state index in [4.69, 9.17) is 0 Å². The summed E-state index contributed by atoms with van der Waals surface area (Å²) in [6.07, 6.45) is 0. The Morgan fingerprint density at radius 2 is 1.79 bits per heavy atom. The quantitative estimate of drug-likeness (QED) is 0.733. The molecule has 2 aromatic carbocycles. The normalized spacial score (nSPS) is 10.8. The lowest BCUT2D eigenvalue weighted by Gasteiger charge is -2.16. The standard InChI is InChI=1S/C16H11F2N3O3/c1-9-15(16(22)19-10-5-3-2-4-6-10)21(24)14-8-12(18)11(17)7-13(14)20(9)23/h2-8H,1H3,(H,19,22). The zero-order valence-corrected chi connectivity index (χ0v) is 12.4. The Hall–Kier alpha value is -3.29. The number of aromatic nitrogens is 2. The Morgan fingerprint density at radius 3 is 2.46 bits per heavy atom. The zero-order chi connectivity index (χ0) is 17.4. The van der Waals surface area contributed by atoms with Crippen LogP contribution < -0.4 is 9.74 Å². The number of benzene rings is 2. The lowest BCUT2D eigenvalue weighted by Crippen LogP contribution is -2.33. The highest BCUT2D eigenvalue weighted by molar-refractivity contribution is 6.03. The molecular weight excluding hydrogens is 320 g/mol. The van der Waals surface area contributed by atoms with Gasteiger partial charge in [-0.2, -0.15) is 0 Å². The van der Waals surface area contributed by atoms with Crippen molar-refractivity contribution >= 4 is 22.6 Å². The van der Waals surface area contributed by atoms with E-state index < -0.39 is 28.8 Å². The summed E-state index contributed by atoms with van der Waals surface area (Å²) in [6.45, 7) is 1.25. The Kier molecular flexibility index (Phi) is 3.72. The first-order valence-corrected chi connectivity index (χ1v) is 6.91. The number of fused-ring (bicyclic) bond motifs is 1. The van der Waals surface area contributed by atoms with Crippen LogP contribution in [0.1, 0.15) is 16.2 Å². The lowest BCUT2D eigenvalue weighted by atomic mass is 10.2. The van der Waals surface area contributed by atoms with E-state index in [1.807, 2.05) is 0 Å². The van der Waals surface area contributed by atoms with Crippen LogP contribution in [0.3, 0.4) is 0 Å². The van der Waals surface area contributed by atoms with Crippen LogP contribution in [-0.4, -0.2) is 10.6 Å². The van der Waals surface area contributed by atoms with Gasteiger partial charge in [-0.3, -0.25) is 4.79 Å². The lowest BCUT2D eigenvalue weighted by molar-refractivity contribution is -0.468. The topological polar surface area (TPSA) is 80.1 Å². The van der Waals surface area contributed by atoms with Gasteiger partial charge in [0.1, 0.15) is 5.52 Å². The Balaban J connectivity index is 2.20. The molecule has 0 radical (unpaired) electrons. The second-order valence-electron chi connectivity index (χ2n) is 5.10. The largest absolute Gasteiger partial charge is 0.805 e. The fraction of sp³-hybridized carbons (Fsp3) is 0.0625. The molecular formula is C16H11F2N3O3. The average Bonchev–Trinajstić information content (AvgIpc) is 2.56. The molecule has 0 aliphatic carbocycles. The summed E-state index contributed by atoms with van der Waals surface area (Å²) in [7, 11) is 0. The highest BCUT2D eigenvalue weighted by Crippen LogP contribution is 2.18. The Labute approximate surface area is 134 Å². The van der Waals surface area contributed by atoms with Crippen LogP contribution in [0.25, 0.3) is 11.0 Å². The molecule has 6 nitrogen and oxygen atoms in total. The van der Waals surface area contributed by atoms with Gasteiger partial charge in [-0.25, -0.2) is 8.78 Å². The number of hydrogen-bond donors (Lipinski definition) is 1. The molecule has 1 heterocycles. The minimum Gasteiger partial charge on any atom is -0.805 e. The first-order chi connectivity index (χ1) is 11.4. The fourth-order valence-electron chi connectivity index (χ4n) is 2.36. The van der Waals surface area contributed by atoms with E-state index in [0.717, 1.165) is 0 Å². The molecule has 122 valence electrons. The number of anilines is 1. The van der Waals surface area contributed by atoms with E-state index in [0.29, 0.717) is 17.8 Å². The molecule has 0 aliphatic rings. The van der Waals surface area contributed by atoms with Crippen LogP contribution in [0.15, 0.2) is 42.5 Å². The van der Waals surface area contributed by atoms with E-state index in [1.165, 1.54) is 6.92 Å². The zero-order valence-electron chi connectivity index (χ0n) is 12.4. The maximum atomic E-state index is 13.4. The SMILES string of the molecule is Cc1c(C(=O)Nc2ccccc2)[n+](=O)c2cc(F)c(F)cc2n1[O-]. The van der Waals surface area contributed by atoms with Crippen LogP contribution >= 0.6 is 0 Å². The van der Waals surface area contributed by atoms with Gasteiger partial charge >= 0.3 is 11.6 Å². The smallest absolute Gasteiger partial charge is 0.346 e. The van der Waals surface area contributed by atoms with Gasteiger partial charge < -0.3 is 15.3 Å². The van der Waals surface area contributed by atoms with Crippen molar-refractivity contribution in [3.63, 3.8) is 0 Å². The molecule has 0 bridgehead atoms. The number of hydrogen-bond acceptors (Lipinski definition) is 3. The van der Waals surface area contributed by atoms with Gasteiger partial charge in [-0.1, -0.05) is 18.2 Å². The average molecular weight is 331 g/mol. The molecule has 0 saturated heterocycles. The summed E-state index contributed by atoms with van der Waals surface area (Å²) in [5, 5.41) is 14.7. The van der Waals surface area contributed by atoms with Gasteiger partial charge in [0.05, 0.1) is 16.2 Å². The van der Waals surface area contributed by atoms with Crippen molar-refractivity contribution in [3.8, 4) is 0 Å². The molecule has 0 spiro atoms. The van der Waals surface area contributed by atoms with E-state index >= 15 is 0 Å². The molecule has 8 heteroatoms. The highest BCUT2D eigenvalue weighted by Gasteiger charge is 2.28. The number of amides is 1. The van der Waals surface area contributed by atoms with E-state index in [9.17, 15) is 23.7 Å². The van der Waals surface area contributed by atoms with Gasteiger partial charge in [0, 0.05) is 16.7 Å². The van der Waals surface area contributed by atoms with Crippen molar-refractivity contribution in [1.29, 1.82) is 0 Å². The van der Waals surface area contributed by atoms with Gasteiger partial charge in [-0.15, -0.1) is 0 Å². The van der Waals surface area contributed by atoms with Crippen LogP contribution in [-0.2, 0) is 0 Å². The van der Waals surface area contributed by atoms with Crippen LogP contribution in [0, 0.1) is 28.7 Å². The Morgan fingerprint density at radius 1 is 1.17 bits per heavy atom. The van der Waals surface area contributed by atoms with Crippen LogP contribution in [0.5, 0.6) is 0 Å². The molecule has 0 unspecified atom stereocenters. The summed E-state index contributed by atoms with van der Waals surface area (Å²) in [5.41, 5.74) is -1.10. The third kappa shape index (κ3) is 2.47. The third-order valence-electron chi connectivity index (χ3n) is 3.55. The number of carbonyl (C=O) groups excluding carboxylic acids is 1. The van der Waals surface area contributed by atoms with Gasteiger partial charge in [0.15, 0.2) is 11.6 Å². The third-order valence-corrected chi connectivity index (χ3v) is 3.55. The number of para-hydroxylation sites is 1. The first kappa shape index (κ1) is 15.6. The molecule has 0 saturated carbocycles. The van der Waals surface area contributed by atoms with Crippen LogP contribution in [0.2, 0.25) is 0 Å². The van der Waals surface area contributed by atoms with Gasteiger partial charge in [0.25, 0.3) is 5.52 Å². The molecule has 24 heavy (non-hydrogen) atoms. The highest BCUT2D eigenvalue weighted by atomic mass is 19.2. The summed E-state index contributed by atoms with van der Waals surface area (Å²) in [6, 6.07) is 9.52. The van der Waals surface area contributed by atoms with Crippen molar-refractivity contribution in [3.05, 3.63) is 75.6 Å². The predicted molar refractivity (Wildman–Crippen MR) is 83.1 cm³/mol. The van der Waals surface area contributed by atoms with Crippen molar-refractivity contribution in [1.82, 2.24) is 4.73 Å². The molecule has 3 aromatic rings. The minimum atomic E-state index is -1.29.